The van der Waals surface area contributed by atoms with Gasteiger partial charge in [0, 0.05) is 0 Å². The van der Waals surface area contributed by atoms with E-state index in [0.717, 1.165) is 12.8 Å². The number of hydrogen-bond acceptors (Lipinski definition) is 2. The van der Waals surface area contributed by atoms with Gasteiger partial charge in [0.15, 0.2) is 0 Å². The van der Waals surface area contributed by atoms with Crippen molar-refractivity contribution in [2.24, 2.45) is 11.1 Å². The van der Waals surface area contributed by atoms with Gasteiger partial charge in [-0.1, -0.05) is 26.7 Å². The molecule has 0 fully saturated rings. The number of primary sulfonamides is 1. The Morgan fingerprint density at radius 2 is 1.64 bits per heavy atom. The van der Waals surface area contributed by atoms with E-state index in [1.807, 2.05) is 13.8 Å². The van der Waals surface area contributed by atoms with E-state index in [9.17, 15) is 8.42 Å². The molecule has 0 aliphatic heterocycles. The van der Waals surface area contributed by atoms with Gasteiger partial charge < -0.3 is 0 Å². The van der Waals surface area contributed by atoms with Crippen LogP contribution in [-0.2, 0) is 10.0 Å². The number of nitrogens with two attached hydrogens (primary N) is 1. The molecule has 0 amide bonds. The molecular weight excluding hydrogens is 173 g/mol. The summed E-state index contributed by atoms with van der Waals surface area (Å²) in [5, 5.41) is 4.86. The van der Waals surface area contributed by atoms with Crippen LogP contribution in [-0.4, -0.2) is 43.7 Å². The van der Waals surface area contributed by atoms with Crippen molar-refractivity contribution in [3.05, 3.63) is 0 Å². The van der Waals surface area contributed by atoms with Gasteiger partial charge >= 0.3 is 29.6 Å². The fourth-order valence-corrected chi connectivity index (χ4v) is 1.98. The molecule has 0 aromatic carbocycles. The Labute approximate surface area is 91.1 Å². The first-order valence-electron chi connectivity index (χ1n) is 3.50. The van der Waals surface area contributed by atoms with Crippen LogP contribution in [0, 0.1) is 5.92 Å². The summed E-state index contributed by atoms with van der Waals surface area (Å²) in [5.74, 6) is 0.356. The first-order chi connectivity index (χ1) is 4.49. The molecule has 0 radical (unpaired) electrons. The third-order valence-electron chi connectivity index (χ3n) is 1.62. The second-order valence-electron chi connectivity index (χ2n) is 2.51. The van der Waals surface area contributed by atoms with Crippen molar-refractivity contribution in [1.29, 1.82) is 0 Å². The second-order valence-corrected chi connectivity index (χ2v) is 4.17. The van der Waals surface area contributed by atoms with E-state index in [4.69, 9.17) is 5.14 Å². The Morgan fingerprint density at radius 3 is 1.73 bits per heavy atom. The second kappa shape index (κ2) is 6.43. The van der Waals surface area contributed by atoms with Crippen molar-refractivity contribution in [3.8, 4) is 0 Å². The van der Waals surface area contributed by atoms with E-state index in [1.54, 1.807) is 0 Å². The summed E-state index contributed by atoms with van der Waals surface area (Å²) >= 11 is 0. The summed E-state index contributed by atoms with van der Waals surface area (Å²) in [6.45, 7) is 3.94. The van der Waals surface area contributed by atoms with Crippen LogP contribution in [0.15, 0.2) is 0 Å². The monoisotopic (exact) mass is 189 g/mol. The standard InChI is InChI=1S/C6H15NO2S.Na.H/c1-3-6(4-2)5-10(7,8)9;;/h6H,3-5H2,1-2H3,(H2,7,8,9);;. The molecule has 0 atom stereocenters. The molecule has 0 aromatic rings. The summed E-state index contributed by atoms with van der Waals surface area (Å²) in [5.41, 5.74) is 0. The van der Waals surface area contributed by atoms with Crippen LogP contribution >= 0.6 is 0 Å². The Hall–Kier alpha value is 0.910. The first-order valence-corrected chi connectivity index (χ1v) is 5.21. The van der Waals surface area contributed by atoms with E-state index >= 15 is 0 Å². The molecule has 5 heteroatoms. The summed E-state index contributed by atoms with van der Waals surface area (Å²) in [6, 6.07) is 0. The van der Waals surface area contributed by atoms with E-state index in [1.165, 1.54) is 0 Å². The molecule has 0 heterocycles. The SMILES string of the molecule is CCC(CC)CS(N)(=O)=O.[NaH]. The predicted octanol–water partition coefficient (Wildman–Crippen LogP) is 0.0626. The van der Waals surface area contributed by atoms with Crippen molar-refractivity contribution in [1.82, 2.24) is 0 Å². The van der Waals surface area contributed by atoms with Crippen molar-refractivity contribution < 1.29 is 8.42 Å². The molecule has 0 unspecified atom stereocenters. The van der Waals surface area contributed by atoms with Gasteiger partial charge in [-0.2, -0.15) is 0 Å². The fourth-order valence-electron chi connectivity index (χ4n) is 0.853. The zero-order valence-corrected chi connectivity index (χ0v) is 7.32. The normalized spacial score (nSPS) is 11.3. The average molecular weight is 189 g/mol. The summed E-state index contributed by atoms with van der Waals surface area (Å²) < 4.78 is 21.1. The molecule has 11 heavy (non-hydrogen) atoms. The summed E-state index contributed by atoms with van der Waals surface area (Å²) in [4.78, 5) is 0. The van der Waals surface area contributed by atoms with Crippen LogP contribution in [0.4, 0.5) is 0 Å². The molecule has 0 aromatic heterocycles. The molecule has 3 nitrogen and oxygen atoms in total. The van der Waals surface area contributed by atoms with E-state index in [2.05, 4.69) is 0 Å². The topological polar surface area (TPSA) is 60.2 Å². The molecule has 0 saturated carbocycles. The molecule has 0 bridgehead atoms. The van der Waals surface area contributed by atoms with E-state index in [0.29, 0.717) is 0 Å². The number of hydrogen-bond donors (Lipinski definition) is 1. The van der Waals surface area contributed by atoms with Crippen LogP contribution in [0.3, 0.4) is 0 Å². The van der Waals surface area contributed by atoms with Crippen LogP contribution in [0.5, 0.6) is 0 Å². The van der Waals surface area contributed by atoms with Crippen molar-refractivity contribution in [2.45, 2.75) is 26.7 Å². The van der Waals surface area contributed by atoms with Crippen LogP contribution in [0.1, 0.15) is 26.7 Å². The summed E-state index contributed by atoms with van der Waals surface area (Å²) in [7, 11) is -3.25. The molecular formula is C6H16NNaO2S. The minimum atomic E-state index is -3.25. The van der Waals surface area contributed by atoms with Gasteiger partial charge in [0.2, 0.25) is 10.0 Å². The van der Waals surface area contributed by atoms with Gasteiger partial charge in [-0.05, 0) is 5.92 Å². The van der Waals surface area contributed by atoms with Gasteiger partial charge in [0.05, 0.1) is 5.75 Å². The zero-order valence-electron chi connectivity index (χ0n) is 6.50. The Kier molecular flexibility index (Phi) is 8.44. The first kappa shape index (κ1) is 14.4. The molecule has 0 aliphatic rings. The van der Waals surface area contributed by atoms with Gasteiger partial charge in [-0.3, -0.25) is 0 Å². The van der Waals surface area contributed by atoms with Crippen molar-refractivity contribution in [2.75, 3.05) is 5.75 Å². The predicted molar refractivity (Wildman–Crippen MR) is 49.2 cm³/mol. The molecule has 0 spiro atoms. The number of sulfonamides is 1. The van der Waals surface area contributed by atoms with E-state index < -0.39 is 10.0 Å². The van der Waals surface area contributed by atoms with Gasteiger partial charge in [-0.25, -0.2) is 13.6 Å². The Morgan fingerprint density at radius 1 is 1.27 bits per heavy atom. The van der Waals surface area contributed by atoms with Gasteiger partial charge in [0.25, 0.3) is 0 Å². The zero-order chi connectivity index (χ0) is 8.20. The van der Waals surface area contributed by atoms with Crippen molar-refractivity contribution >= 4 is 39.6 Å². The molecule has 0 aliphatic carbocycles. The molecule has 64 valence electrons. The maximum absolute atomic E-state index is 10.5. The molecule has 2 N–H and O–H groups in total. The third kappa shape index (κ3) is 8.82. The molecule has 0 saturated heterocycles. The molecule has 0 rings (SSSR count). The summed E-state index contributed by atoms with van der Waals surface area (Å²) in [6.07, 6.45) is 1.76. The van der Waals surface area contributed by atoms with Crippen LogP contribution < -0.4 is 5.14 Å². The Balaban J connectivity index is 0. The van der Waals surface area contributed by atoms with Crippen molar-refractivity contribution in [3.63, 3.8) is 0 Å². The fraction of sp³-hybridized carbons (Fsp3) is 1.00. The third-order valence-corrected chi connectivity index (χ3v) is 2.56. The van der Waals surface area contributed by atoms with E-state index in [-0.39, 0.29) is 41.2 Å². The average Bonchev–Trinajstić information content (AvgIpc) is 1.81. The minimum absolute atomic E-state index is 0. The quantitative estimate of drug-likeness (QED) is 0.636. The van der Waals surface area contributed by atoms with Gasteiger partial charge in [-0.15, -0.1) is 0 Å². The van der Waals surface area contributed by atoms with Crippen LogP contribution in [0.2, 0.25) is 0 Å². The maximum atomic E-state index is 10.5. The Bertz CT molecular complexity index is 175. The van der Waals surface area contributed by atoms with Gasteiger partial charge in [0.1, 0.15) is 0 Å². The number of rotatable bonds is 4. The van der Waals surface area contributed by atoms with Crippen LogP contribution in [0.25, 0.3) is 0 Å².